The number of guanidine groups is 1. The minimum atomic E-state index is 0.590. The predicted octanol–water partition coefficient (Wildman–Crippen LogP) is 1.02. The summed E-state index contributed by atoms with van der Waals surface area (Å²) >= 11 is 0. The number of aliphatic imine (C=N–C) groups is 1. The van der Waals surface area contributed by atoms with Crippen LogP contribution in [0, 0.1) is 5.92 Å². The number of nitrogens with zero attached hydrogens (tertiary/aromatic N) is 4. The summed E-state index contributed by atoms with van der Waals surface area (Å²) in [7, 11) is 2.20. The number of hydrogen-bond donors (Lipinski definition) is 2. The van der Waals surface area contributed by atoms with Gasteiger partial charge >= 0.3 is 0 Å². The van der Waals surface area contributed by atoms with E-state index in [1.165, 1.54) is 26.2 Å². The van der Waals surface area contributed by atoms with Gasteiger partial charge in [0.1, 0.15) is 0 Å². The highest BCUT2D eigenvalue weighted by Gasteiger charge is 2.16. The number of likely N-dealkylation sites (N-methyl/N-ethyl adjacent to an activating group) is 1. The second-order valence-electron chi connectivity index (χ2n) is 6.61. The smallest absolute Gasteiger partial charge is 0.191 e. The molecule has 1 aliphatic heterocycles. The van der Waals surface area contributed by atoms with Crippen LogP contribution in [0.15, 0.2) is 29.4 Å². The monoisotopic (exact) mass is 332 g/mol. The zero-order valence-electron chi connectivity index (χ0n) is 15.3. The second kappa shape index (κ2) is 10.3. The lowest BCUT2D eigenvalue weighted by Crippen LogP contribution is -2.47. The molecular weight excluding hydrogens is 300 g/mol. The number of hydrogen-bond acceptors (Lipinski definition) is 4. The van der Waals surface area contributed by atoms with Gasteiger partial charge in [-0.1, -0.05) is 13.0 Å². The van der Waals surface area contributed by atoms with Crippen LogP contribution in [-0.4, -0.2) is 73.6 Å². The van der Waals surface area contributed by atoms with Crippen LogP contribution < -0.4 is 10.6 Å². The van der Waals surface area contributed by atoms with Gasteiger partial charge in [-0.15, -0.1) is 0 Å². The largest absolute Gasteiger partial charge is 0.357 e. The zero-order chi connectivity index (χ0) is 17.2. The maximum absolute atomic E-state index is 4.62. The fourth-order valence-corrected chi connectivity index (χ4v) is 2.80. The van der Waals surface area contributed by atoms with Crippen molar-refractivity contribution in [2.24, 2.45) is 10.9 Å². The van der Waals surface area contributed by atoms with Crippen LogP contribution in [0.5, 0.6) is 0 Å². The van der Waals surface area contributed by atoms with Gasteiger partial charge in [0.15, 0.2) is 5.96 Å². The molecule has 1 saturated heterocycles. The van der Waals surface area contributed by atoms with Gasteiger partial charge in [0, 0.05) is 52.0 Å². The summed E-state index contributed by atoms with van der Waals surface area (Å²) in [6.45, 7) is 12.6. The van der Waals surface area contributed by atoms with E-state index in [-0.39, 0.29) is 0 Å². The molecule has 1 atom stereocenters. The van der Waals surface area contributed by atoms with Crippen molar-refractivity contribution < 1.29 is 0 Å². The molecule has 134 valence electrons. The molecule has 6 nitrogen and oxygen atoms in total. The average Bonchev–Trinajstić information content (AvgIpc) is 2.60. The molecule has 0 bridgehead atoms. The molecule has 6 heteroatoms. The van der Waals surface area contributed by atoms with Crippen LogP contribution in [0.4, 0.5) is 0 Å². The van der Waals surface area contributed by atoms with E-state index in [0.717, 1.165) is 31.3 Å². The van der Waals surface area contributed by atoms with E-state index >= 15 is 0 Å². The molecule has 0 aliphatic carbocycles. The van der Waals surface area contributed by atoms with Crippen LogP contribution in [0.1, 0.15) is 19.5 Å². The van der Waals surface area contributed by atoms with Gasteiger partial charge in [0.05, 0.1) is 12.2 Å². The van der Waals surface area contributed by atoms with Gasteiger partial charge < -0.3 is 20.4 Å². The number of nitrogens with one attached hydrogen (secondary N) is 2. The third kappa shape index (κ3) is 6.84. The number of pyridine rings is 1. The Morgan fingerprint density at radius 2 is 2.04 bits per heavy atom. The van der Waals surface area contributed by atoms with Crippen molar-refractivity contribution in [3.63, 3.8) is 0 Å². The Hall–Kier alpha value is -1.66. The summed E-state index contributed by atoms with van der Waals surface area (Å²) in [5.74, 6) is 1.46. The van der Waals surface area contributed by atoms with E-state index in [2.05, 4.69) is 51.3 Å². The summed E-state index contributed by atoms with van der Waals surface area (Å²) in [4.78, 5) is 13.9. The molecule has 1 fully saturated rings. The zero-order valence-corrected chi connectivity index (χ0v) is 15.3. The number of piperazine rings is 1. The molecule has 2 heterocycles. The molecule has 1 unspecified atom stereocenters. The van der Waals surface area contributed by atoms with E-state index in [4.69, 9.17) is 0 Å². The van der Waals surface area contributed by atoms with Crippen molar-refractivity contribution in [2.45, 2.75) is 20.4 Å². The number of aromatic nitrogens is 1. The van der Waals surface area contributed by atoms with Crippen LogP contribution in [-0.2, 0) is 6.54 Å². The standard InChI is InChI=1S/C18H32N6/c1-4-19-18(22-14-17-7-5-6-8-20-17)21-13-16(2)15-24-11-9-23(3)10-12-24/h5-8,16H,4,9-15H2,1-3H3,(H2,19,21,22). The lowest BCUT2D eigenvalue weighted by atomic mass is 10.1. The van der Waals surface area contributed by atoms with Crippen molar-refractivity contribution >= 4 is 5.96 Å². The Bertz CT molecular complexity index is 482. The molecule has 0 spiro atoms. The first kappa shape index (κ1) is 18.7. The second-order valence-corrected chi connectivity index (χ2v) is 6.61. The topological polar surface area (TPSA) is 55.8 Å². The summed E-state index contributed by atoms with van der Waals surface area (Å²) in [5.41, 5.74) is 0.986. The van der Waals surface area contributed by atoms with Gasteiger partial charge in [0.25, 0.3) is 0 Å². The summed E-state index contributed by atoms with van der Waals surface area (Å²) in [5, 5.41) is 6.77. The normalized spacial score (nSPS) is 18.4. The Kier molecular flexibility index (Phi) is 7.98. The Balaban J connectivity index is 1.75. The van der Waals surface area contributed by atoms with Gasteiger partial charge in [-0.2, -0.15) is 0 Å². The van der Waals surface area contributed by atoms with Crippen molar-refractivity contribution in [1.29, 1.82) is 0 Å². The van der Waals surface area contributed by atoms with Gasteiger partial charge in [0.2, 0.25) is 0 Å². The van der Waals surface area contributed by atoms with E-state index in [0.29, 0.717) is 12.5 Å². The number of rotatable bonds is 7. The third-order valence-electron chi connectivity index (χ3n) is 4.25. The minimum absolute atomic E-state index is 0.590. The maximum Gasteiger partial charge on any atom is 0.191 e. The molecule has 0 radical (unpaired) electrons. The van der Waals surface area contributed by atoms with Crippen LogP contribution in [0.25, 0.3) is 0 Å². The van der Waals surface area contributed by atoms with E-state index in [9.17, 15) is 0 Å². The first-order chi connectivity index (χ1) is 11.7. The molecule has 1 aliphatic rings. The molecule has 0 saturated carbocycles. The fraction of sp³-hybridized carbons (Fsp3) is 0.667. The van der Waals surface area contributed by atoms with Gasteiger partial charge in [-0.25, -0.2) is 4.99 Å². The Morgan fingerprint density at radius 3 is 2.71 bits per heavy atom. The fourth-order valence-electron chi connectivity index (χ4n) is 2.80. The summed E-state index contributed by atoms with van der Waals surface area (Å²) in [6, 6.07) is 5.93. The molecular formula is C18H32N6. The van der Waals surface area contributed by atoms with Gasteiger partial charge in [-0.05, 0) is 32.0 Å². The summed E-state index contributed by atoms with van der Waals surface area (Å²) < 4.78 is 0. The highest BCUT2D eigenvalue weighted by Crippen LogP contribution is 2.04. The van der Waals surface area contributed by atoms with Crippen molar-refractivity contribution in [3.8, 4) is 0 Å². The average molecular weight is 332 g/mol. The highest BCUT2D eigenvalue weighted by atomic mass is 15.2. The van der Waals surface area contributed by atoms with E-state index in [1.54, 1.807) is 0 Å². The highest BCUT2D eigenvalue weighted by molar-refractivity contribution is 5.79. The van der Waals surface area contributed by atoms with Gasteiger partial charge in [-0.3, -0.25) is 4.98 Å². The van der Waals surface area contributed by atoms with E-state index < -0.39 is 0 Å². The third-order valence-corrected chi connectivity index (χ3v) is 4.25. The minimum Gasteiger partial charge on any atom is -0.357 e. The Morgan fingerprint density at radius 1 is 1.25 bits per heavy atom. The molecule has 0 amide bonds. The van der Waals surface area contributed by atoms with Crippen LogP contribution in [0.3, 0.4) is 0 Å². The lowest BCUT2D eigenvalue weighted by molar-refractivity contribution is 0.139. The van der Waals surface area contributed by atoms with E-state index in [1.807, 2.05) is 24.4 Å². The molecule has 2 rings (SSSR count). The quantitative estimate of drug-likeness (QED) is 0.577. The van der Waals surface area contributed by atoms with Crippen molar-refractivity contribution in [2.75, 3.05) is 52.9 Å². The maximum atomic E-state index is 4.62. The summed E-state index contributed by atoms with van der Waals surface area (Å²) in [6.07, 6.45) is 1.81. The molecule has 1 aromatic heterocycles. The first-order valence-electron chi connectivity index (χ1n) is 9.00. The van der Waals surface area contributed by atoms with Crippen molar-refractivity contribution in [1.82, 2.24) is 25.4 Å². The van der Waals surface area contributed by atoms with Crippen molar-refractivity contribution in [3.05, 3.63) is 30.1 Å². The van der Waals surface area contributed by atoms with Crippen LogP contribution >= 0.6 is 0 Å². The molecule has 24 heavy (non-hydrogen) atoms. The predicted molar refractivity (Wildman–Crippen MR) is 100 cm³/mol. The SMILES string of the molecule is CCNC(=NCc1ccccn1)NCC(C)CN1CCN(C)CC1. The molecule has 1 aromatic rings. The van der Waals surface area contributed by atoms with Crippen LogP contribution in [0.2, 0.25) is 0 Å². The molecule has 0 aromatic carbocycles. The molecule has 2 N–H and O–H groups in total. The lowest BCUT2D eigenvalue weighted by Gasteiger charge is -2.34. The first-order valence-corrected chi connectivity index (χ1v) is 9.00. The Labute approximate surface area is 146 Å².